The van der Waals surface area contributed by atoms with Crippen LogP contribution in [0.5, 0.6) is 11.5 Å². The summed E-state index contributed by atoms with van der Waals surface area (Å²) in [5.74, 6) is 0.470. The Morgan fingerprint density at radius 3 is 2.46 bits per heavy atom. The molecular formula is C19H19ClN2O4. The van der Waals surface area contributed by atoms with Crippen LogP contribution in [0.2, 0.25) is 5.02 Å². The number of anilines is 1. The largest absolute Gasteiger partial charge is 0.486 e. The summed E-state index contributed by atoms with van der Waals surface area (Å²) < 4.78 is 11.0. The molecule has 0 spiro atoms. The third-order valence-corrected chi connectivity index (χ3v) is 3.93. The molecule has 0 saturated heterocycles. The molecule has 2 aromatic carbocycles. The molecule has 1 heterocycles. The molecule has 6 nitrogen and oxygen atoms in total. The number of amides is 2. The molecule has 1 aliphatic heterocycles. The highest BCUT2D eigenvalue weighted by atomic mass is 35.5. The second kappa shape index (κ2) is 7.66. The zero-order chi connectivity index (χ0) is 18.7. The third kappa shape index (κ3) is 4.08. The molecule has 0 radical (unpaired) electrons. The van der Waals surface area contributed by atoms with Crippen molar-refractivity contribution >= 4 is 29.1 Å². The Labute approximate surface area is 156 Å². The monoisotopic (exact) mass is 374 g/mol. The number of rotatable bonds is 4. The van der Waals surface area contributed by atoms with E-state index in [4.69, 9.17) is 21.1 Å². The van der Waals surface area contributed by atoms with Gasteiger partial charge in [0.2, 0.25) is 0 Å². The number of hydrogen-bond acceptors (Lipinski definition) is 4. The van der Waals surface area contributed by atoms with E-state index in [2.05, 4.69) is 10.6 Å². The highest BCUT2D eigenvalue weighted by Gasteiger charge is 2.18. The predicted molar refractivity (Wildman–Crippen MR) is 99.4 cm³/mol. The summed E-state index contributed by atoms with van der Waals surface area (Å²) in [5.41, 5.74) is 1.08. The summed E-state index contributed by atoms with van der Waals surface area (Å²) in [4.78, 5) is 25.0. The molecule has 7 heteroatoms. The zero-order valence-electron chi connectivity index (χ0n) is 14.5. The van der Waals surface area contributed by atoms with E-state index in [9.17, 15) is 9.59 Å². The van der Waals surface area contributed by atoms with Gasteiger partial charge in [0.15, 0.2) is 11.5 Å². The predicted octanol–water partition coefficient (Wildman–Crippen LogP) is 3.50. The van der Waals surface area contributed by atoms with Crippen LogP contribution >= 0.6 is 11.6 Å². The Kier molecular flexibility index (Phi) is 5.32. The molecule has 0 bridgehead atoms. The summed E-state index contributed by atoms with van der Waals surface area (Å²) in [7, 11) is 0. The average Bonchev–Trinajstić information content (AvgIpc) is 2.60. The van der Waals surface area contributed by atoms with Gasteiger partial charge in [-0.3, -0.25) is 9.59 Å². The lowest BCUT2D eigenvalue weighted by molar-refractivity contribution is 0.0944. The topological polar surface area (TPSA) is 76.7 Å². The van der Waals surface area contributed by atoms with Gasteiger partial charge < -0.3 is 20.1 Å². The molecule has 2 N–H and O–H groups in total. The van der Waals surface area contributed by atoms with Gasteiger partial charge in [0, 0.05) is 16.6 Å². The molecule has 0 atom stereocenters. The highest BCUT2D eigenvalue weighted by molar-refractivity contribution is 6.31. The van der Waals surface area contributed by atoms with Gasteiger partial charge in [0.1, 0.15) is 13.2 Å². The van der Waals surface area contributed by atoms with E-state index < -0.39 is 0 Å². The van der Waals surface area contributed by atoms with Gasteiger partial charge in [0.05, 0.1) is 11.3 Å². The van der Waals surface area contributed by atoms with Crippen molar-refractivity contribution in [3.05, 3.63) is 52.5 Å². The molecule has 0 saturated carbocycles. The first-order chi connectivity index (χ1) is 12.4. The second-order valence-electron chi connectivity index (χ2n) is 6.13. The molecule has 2 amide bonds. The third-order valence-electron chi connectivity index (χ3n) is 3.70. The smallest absolute Gasteiger partial charge is 0.255 e. The number of ether oxygens (including phenoxy) is 2. The van der Waals surface area contributed by atoms with Crippen molar-refractivity contribution in [2.75, 3.05) is 18.5 Å². The molecule has 0 aliphatic carbocycles. The van der Waals surface area contributed by atoms with Crippen LogP contribution in [0.3, 0.4) is 0 Å². The van der Waals surface area contributed by atoms with Crippen molar-refractivity contribution < 1.29 is 19.1 Å². The first-order valence-electron chi connectivity index (χ1n) is 8.25. The fourth-order valence-corrected chi connectivity index (χ4v) is 2.71. The van der Waals surface area contributed by atoms with Crippen LogP contribution in [0, 0.1) is 0 Å². The average molecular weight is 375 g/mol. The number of hydrogen-bond donors (Lipinski definition) is 2. The maximum absolute atomic E-state index is 12.6. The van der Waals surface area contributed by atoms with Crippen molar-refractivity contribution in [3.63, 3.8) is 0 Å². The van der Waals surface area contributed by atoms with E-state index >= 15 is 0 Å². The highest BCUT2D eigenvalue weighted by Crippen LogP contribution is 2.31. The minimum absolute atomic E-state index is 0.0282. The van der Waals surface area contributed by atoms with Crippen LogP contribution in [0.25, 0.3) is 0 Å². The van der Waals surface area contributed by atoms with Crippen molar-refractivity contribution in [2.45, 2.75) is 19.9 Å². The van der Waals surface area contributed by atoms with Gasteiger partial charge in [-0.25, -0.2) is 0 Å². The Morgan fingerprint density at radius 2 is 1.73 bits per heavy atom. The van der Waals surface area contributed by atoms with E-state index in [0.29, 0.717) is 46.5 Å². The van der Waals surface area contributed by atoms with Gasteiger partial charge >= 0.3 is 0 Å². The first-order valence-corrected chi connectivity index (χ1v) is 8.63. The van der Waals surface area contributed by atoms with Crippen molar-refractivity contribution in [1.29, 1.82) is 0 Å². The molecule has 1 aliphatic rings. The maximum Gasteiger partial charge on any atom is 0.255 e. The van der Waals surface area contributed by atoms with Crippen LogP contribution in [0.1, 0.15) is 34.6 Å². The van der Waals surface area contributed by atoms with E-state index in [0.717, 1.165) is 0 Å². The fourth-order valence-electron chi connectivity index (χ4n) is 2.54. The lowest BCUT2D eigenvalue weighted by atomic mass is 10.1. The lowest BCUT2D eigenvalue weighted by Gasteiger charge is -2.19. The number of fused-ring (bicyclic) bond motifs is 1. The van der Waals surface area contributed by atoms with E-state index in [1.165, 1.54) is 0 Å². The standard InChI is InChI=1S/C19H19ClN2O4/c1-11(2)21-19(24)14-5-4-13(20)10-15(14)22-18(23)12-3-6-16-17(9-12)26-8-7-25-16/h3-6,9-11H,7-8H2,1-2H3,(H,21,24)(H,22,23). The molecule has 3 rings (SSSR count). The number of carbonyl (C=O) groups is 2. The Morgan fingerprint density at radius 1 is 1.00 bits per heavy atom. The maximum atomic E-state index is 12.6. The number of halogens is 1. The van der Waals surface area contributed by atoms with Crippen LogP contribution in [0.4, 0.5) is 5.69 Å². The van der Waals surface area contributed by atoms with Gasteiger partial charge in [0.25, 0.3) is 11.8 Å². The molecule has 136 valence electrons. The Hall–Kier alpha value is -2.73. The van der Waals surface area contributed by atoms with Crippen LogP contribution in [0.15, 0.2) is 36.4 Å². The Bertz CT molecular complexity index is 851. The van der Waals surface area contributed by atoms with Crippen LogP contribution < -0.4 is 20.1 Å². The lowest BCUT2D eigenvalue weighted by Crippen LogP contribution is -2.31. The first kappa shape index (κ1) is 18.1. The van der Waals surface area contributed by atoms with E-state index in [1.807, 2.05) is 13.8 Å². The minimum Gasteiger partial charge on any atom is -0.486 e. The summed E-state index contributed by atoms with van der Waals surface area (Å²) in [6, 6.07) is 9.65. The van der Waals surface area contributed by atoms with Crippen molar-refractivity contribution in [1.82, 2.24) is 5.32 Å². The van der Waals surface area contributed by atoms with Gasteiger partial charge in [-0.1, -0.05) is 11.6 Å². The summed E-state index contributed by atoms with van der Waals surface area (Å²) in [5, 5.41) is 5.97. The fraction of sp³-hybridized carbons (Fsp3) is 0.263. The molecule has 0 fully saturated rings. The zero-order valence-corrected chi connectivity index (χ0v) is 15.2. The van der Waals surface area contributed by atoms with Gasteiger partial charge in [-0.2, -0.15) is 0 Å². The Balaban J connectivity index is 1.85. The number of nitrogens with one attached hydrogen (secondary N) is 2. The van der Waals surface area contributed by atoms with Gasteiger partial charge in [-0.15, -0.1) is 0 Å². The summed E-state index contributed by atoms with van der Waals surface area (Å²) >= 11 is 6.03. The van der Waals surface area contributed by atoms with Crippen LogP contribution in [-0.4, -0.2) is 31.1 Å². The van der Waals surface area contributed by atoms with Crippen molar-refractivity contribution in [2.24, 2.45) is 0 Å². The van der Waals surface area contributed by atoms with Crippen LogP contribution in [-0.2, 0) is 0 Å². The normalized spacial score (nSPS) is 12.6. The quantitative estimate of drug-likeness (QED) is 0.858. The SMILES string of the molecule is CC(C)NC(=O)c1ccc(Cl)cc1NC(=O)c1ccc2c(c1)OCCO2. The van der Waals surface area contributed by atoms with E-state index in [1.54, 1.807) is 36.4 Å². The number of carbonyl (C=O) groups excluding carboxylic acids is 2. The summed E-state index contributed by atoms with van der Waals surface area (Å²) in [6.07, 6.45) is 0. The minimum atomic E-state index is -0.372. The summed E-state index contributed by atoms with van der Waals surface area (Å²) in [6.45, 7) is 4.64. The number of benzene rings is 2. The molecule has 0 unspecified atom stereocenters. The molecule has 2 aromatic rings. The van der Waals surface area contributed by atoms with Crippen molar-refractivity contribution in [3.8, 4) is 11.5 Å². The van der Waals surface area contributed by atoms with E-state index in [-0.39, 0.29) is 17.9 Å². The molecule has 0 aromatic heterocycles. The molecule has 26 heavy (non-hydrogen) atoms. The second-order valence-corrected chi connectivity index (χ2v) is 6.57. The van der Waals surface area contributed by atoms with Gasteiger partial charge in [-0.05, 0) is 50.2 Å². The molecular weight excluding hydrogens is 356 g/mol.